The number of methoxy groups -OCH3 is 1. The number of aryl methyl sites for hydroxylation is 1. The van der Waals surface area contributed by atoms with E-state index in [2.05, 4.69) is 20.4 Å². The zero-order valence-corrected chi connectivity index (χ0v) is 16.8. The first kappa shape index (κ1) is 19.2. The van der Waals surface area contributed by atoms with Gasteiger partial charge in [-0.05, 0) is 43.7 Å². The maximum absolute atomic E-state index is 13.9. The Labute approximate surface area is 172 Å². The normalized spacial score (nSPS) is 18.6. The Morgan fingerprint density at radius 1 is 1.28 bits per heavy atom. The number of oxime groups is 1. The lowest BCUT2D eigenvalue weighted by Gasteiger charge is -2.29. The number of rotatable bonds is 4. The topological polar surface area (TPSA) is 73.6 Å². The van der Waals surface area contributed by atoms with Gasteiger partial charge in [0.15, 0.2) is 5.84 Å². The molecule has 1 aliphatic heterocycles. The van der Waals surface area contributed by atoms with Gasteiger partial charge >= 0.3 is 0 Å². The van der Waals surface area contributed by atoms with Gasteiger partial charge in [-0.3, -0.25) is 0 Å². The maximum Gasteiger partial charge on any atom is 0.238 e. The molecule has 150 valence electrons. The lowest BCUT2D eigenvalue weighted by Crippen LogP contribution is -2.41. The fraction of sp³-hybridized carbons (Fsp3) is 0.250. The van der Waals surface area contributed by atoms with Crippen molar-refractivity contribution in [3.05, 3.63) is 70.6 Å². The maximum atomic E-state index is 13.9. The Morgan fingerprint density at radius 3 is 2.79 bits per heavy atom. The van der Waals surface area contributed by atoms with Gasteiger partial charge in [-0.15, -0.1) is 0 Å². The first-order valence-electron chi connectivity index (χ1n) is 8.98. The molecule has 3 heterocycles. The number of amidine groups is 1. The third-order valence-corrected chi connectivity index (χ3v) is 4.95. The Bertz CT molecular complexity index is 1080. The molecule has 1 N–H and O–H groups in total. The third kappa shape index (κ3) is 3.75. The number of imidazole rings is 1. The summed E-state index contributed by atoms with van der Waals surface area (Å²) in [5.41, 5.74) is 2.87. The van der Waals surface area contributed by atoms with Crippen molar-refractivity contribution >= 4 is 17.4 Å². The number of halogens is 2. The molecular weight excluding hydrogens is 397 g/mol. The number of nitrogens with one attached hydrogen (secondary N) is 1. The molecule has 0 amide bonds. The average Bonchev–Trinajstić information content (AvgIpc) is 3.16. The smallest absolute Gasteiger partial charge is 0.238 e. The van der Waals surface area contributed by atoms with Gasteiger partial charge in [-0.1, -0.05) is 22.8 Å². The van der Waals surface area contributed by atoms with Crippen molar-refractivity contribution in [2.24, 2.45) is 5.16 Å². The van der Waals surface area contributed by atoms with E-state index in [-0.39, 0.29) is 17.2 Å². The standard InChI is InChI=1S/C20H19ClFN5O2/c1-11-9-27(10-23-11)17-7-6-16(24-20(17)28-3)19-25-18(12(2)29-26-19)13-4-5-14(21)15(22)8-13/h4-10,12,18H,1-3H3,(H,25,26)/t12-,18-/m1/s1. The molecule has 0 radical (unpaired) electrons. The molecule has 0 unspecified atom stereocenters. The van der Waals surface area contributed by atoms with Crippen molar-refractivity contribution in [1.82, 2.24) is 19.9 Å². The molecule has 0 aliphatic carbocycles. The molecule has 1 aliphatic rings. The average molecular weight is 416 g/mol. The van der Waals surface area contributed by atoms with E-state index in [0.29, 0.717) is 23.0 Å². The molecule has 0 bridgehead atoms. The van der Waals surface area contributed by atoms with Crippen LogP contribution in [0.2, 0.25) is 5.02 Å². The molecule has 2 atom stereocenters. The van der Waals surface area contributed by atoms with E-state index in [1.165, 1.54) is 12.1 Å². The lowest BCUT2D eigenvalue weighted by molar-refractivity contribution is 0.0341. The summed E-state index contributed by atoms with van der Waals surface area (Å²) in [6.45, 7) is 3.76. The minimum Gasteiger partial charge on any atom is -0.479 e. The SMILES string of the molecule is COc1nc(C2=NO[C@H](C)[C@H](c3ccc(Cl)c(F)c3)N2)ccc1-n1cnc(C)c1. The molecule has 3 aromatic rings. The minimum absolute atomic E-state index is 0.0729. The second-order valence-electron chi connectivity index (χ2n) is 6.69. The van der Waals surface area contributed by atoms with Gasteiger partial charge in [0.2, 0.25) is 5.88 Å². The quantitative estimate of drug-likeness (QED) is 0.701. The van der Waals surface area contributed by atoms with E-state index in [4.69, 9.17) is 21.2 Å². The van der Waals surface area contributed by atoms with E-state index in [1.807, 2.05) is 30.7 Å². The fourth-order valence-electron chi connectivity index (χ4n) is 3.13. The molecular formula is C20H19ClFN5O2. The number of hydrogen-bond acceptors (Lipinski definition) is 6. The van der Waals surface area contributed by atoms with Crippen molar-refractivity contribution in [2.75, 3.05) is 7.11 Å². The molecule has 2 aromatic heterocycles. The highest BCUT2D eigenvalue weighted by Crippen LogP contribution is 2.27. The van der Waals surface area contributed by atoms with Crippen LogP contribution in [0.1, 0.15) is 29.9 Å². The molecule has 0 saturated carbocycles. The highest BCUT2D eigenvalue weighted by Gasteiger charge is 2.28. The summed E-state index contributed by atoms with van der Waals surface area (Å²) in [5.74, 6) is 0.356. The summed E-state index contributed by atoms with van der Waals surface area (Å²) in [7, 11) is 1.55. The van der Waals surface area contributed by atoms with Crippen LogP contribution >= 0.6 is 11.6 Å². The van der Waals surface area contributed by atoms with Crippen molar-refractivity contribution < 1.29 is 14.0 Å². The zero-order chi connectivity index (χ0) is 20.5. The summed E-state index contributed by atoms with van der Waals surface area (Å²) >= 11 is 5.80. The molecule has 1 aromatic carbocycles. The highest BCUT2D eigenvalue weighted by atomic mass is 35.5. The molecule has 0 saturated heterocycles. The second-order valence-corrected chi connectivity index (χ2v) is 7.10. The van der Waals surface area contributed by atoms with Gasteiger partial charge < -0.3 is 19.5 Å². The number of hydrogen-bond donors (Lipinski definition) is 1. The monoisotopic (exact) mass is 415 g/mol. The van der Waals surface area contributed by atoms with Gasteiger partial charge in [0.1, 0.15) is 23.3 Å². The van der Waals surface area contributed by atoms with Crippen LogP contribution in [0.4, 0.5) is 4.39 Å². The zero-order valence-electron chi connectivity index (χ0n) is 16.1. The van der Waals surface area contributed by atoms with Crippen molar-refractivity contribution in [3.63, 3.8) is 0 Å². The molecule has 29 heavy (non-hydrogen) atoms. The molecule has 0 fully saturated rings. The predicted molar refractivity (Wildman–Crippen MR) is 107 cm³/mol. The van der Waals surface area contributed by atoms with Crippen molar-refractivity contribution in [3.8, 4) is 11.6 Å². The van der Waals surface area contributed by atoms with Crippen molar-refractivity contribution in [2.45, 2.75) is 26.0 Å². The summed E-state index contributed by atoms with van der Waals surface area (Å²) < 4.78 is 21.2. The van der Waals surface area contributed by atoms with Crippen LogP contribution in [0.25, 0.3) is 5.69 Å². The summed E-state index contributed by atoms with van der Waals surface area (Å²) in [5, 5.41) is 7.47. The fourth-order valence-corrected chi connectivity index (χ4v) is 3.25. The summed E-state index contributed by atoms with van der Waals surface area (Å²) in [6.07, 6.45) is 3.26. The molecule has 9 heteroatoms. The number of ether oxygens (including phenoxy) is 1. The van der Waals surface area contributed by atoms with E-state index in [9.17, 15) is 4.39 Å². The third-order valence-electron chi connectivity index (χ3n) is 4.64. The van der Waals surface area contributed by atoms with Gasteiger partial charge in [0.25, 0.3) is 0 Å². The van der Waals surface area contributed by atoms with Crippen molar-refractivity contribution in [1.29, 1.82) is 0 Å². The van der Waals surface area contributed by atoms with Crippen LogP contribution in [-0.2, 0) is 4.84 Å². The van der Waals surface area contributed by atoms with Crippen LogP contribution < -0.4 is 10.1 Å². The van der Waals surface area contributed by atoms with Crippen LogP contribution in [0.15, 0.2) is 48.0 Å². The van der Waals surface area contributed by atoms with Crippen LogP contribution in [0.5, 0.6) is 5.88 Å². The van der Waals surface area contributed by atoms with E-state index >= 15 is 0 Å². The van der Waals surface area contributed by atoms with E-state index in [0.717, 1.165) is 11.4 Å². The largest absolute Gasteiger partial charge is 0.479 e. The molecule has 0 spiro atoms. The lowest BCUT2D eigenvalue weighted by atomic mass is 10.0. The Morgan fingerprint density at radius 2 is 2.10 bits per heavy atom. The number of nitrogens with zero attached hydrogens (tertiary/aromatic N) is 4. The van der Waals surface area contributed by atoms with E-state index in [1.54, 1.807) is 25.6 Å². The molecule has 7 nitrogen and oxygen atoms in total. The summed E-state index contributed by atoms with van der Waals surface area (Å²) in [4.78, 5) is 14.3. The predicted octanol–water partition coefficient (Wildman–Crippen LogP) is 3.79. The van der Waals surface area contributed by atoms with Gasteiger partial charge in [0, 0.05) is 6.20 Å². The van der Waals surface area contributed by atoms with Gasteiger partial charge in [0.05, 0.1) is 30.2 Å². The molecule has 4 rings (SSSR count). The first-order valence-corrected chi connectivity index (χ1v) is 9.35. The Kier molecular flexibility index (Phi) is 5.10. The van der Waals surface area contributed by atoms with Gasteiger partial charge in [-0.2, -0.15) is 0 Å². The number of benzene rings is 1. The van der Waals surface area contributed by atoms with Crippen LogP contribution in [0.3, 0.4) is 0 Å². The second kappa shape index (κ2) is 7.71. The number of pyridine rings is 1. The highest BCUT2D eigenvalue weighted by molar-refractivity contribution is 6.30. The number of aromatic nitrogens is 3. The van der Waals surface area contributed by atoms with Crippen LogP contribution in [-0.4, -0.2) is 33.6 Å². The summed E-state index contributed by atoms with van der Waals surface area (Å²) in [6, 6.07) is 8.01. The van der Waals surface area contributed by atoms with E-state index < -0.39 is 5.82 Å². The Balaban J connectivity index is 1.65. The Hall–Kier alpha value is -3.13. The minimum atomic E-state index is -0.484. The first-order chi connectivity index (χ1) is 14.0. The van der Waals surface area contributed by atoms with Gasteiger partial charge in [-0.25, -0.2) is 14.4 Å². The van der Waals surface area contributed by atoms with Crippen LogP contribution in [0, 0.1) is 12.7 Å².